The van der Waals surface area contributed by atoms with Crippen LogP contribution in [0.3, 0.4) is 0 Å². The smallest absolute Gasteiger partial charge is 0.247 e. The molecule has 150 valence electrons. The van der Waals surface area contributed by atoms with Crippen LogP contribution < -0.4 is 10.1 Å². The van der Waals surface area contributed by atoms with Crippen molar-refractivity contribution in [3.63, 3.8) is 0 Å². The maximum absolute atomic E-state index is 13.6. The predicted octanol–water partition coefficient (Wildman–Crippen LogP) is 4.63. The normalized spacial score (nSPS) is 18.0. The SMILES string of the molecule is COc1ccc(CN2[C@@H](c3cc(C)ccc3C)Nc3ccccc3S2(=O)=O)cc1. The highest BCUT2D eigenvalue weighted by molar-refractivity contribution is 7.89. The molecule has 3 aromatic carbocycles. The standard InChI is InChI=1S/C23H24N2O3S/c1-16-8-9-17(2)20(14-16)23-24-21-6-4-5-7-22(21)29(26,27)25(23)15-18-10-12-19(28-3)13-11-18/h4-14,23-24H,15H2,1-3H3/t23-/m0/s1. The first kappa shape index (κ1) is 19.5. The lowest BCUT2D eigenvalue weighted by atomic mass is 10.0. The molecular formula is C23H24N2O3S. The van der Waals surface area contributed by atoms with Crippen LogP contribution >= 0.6 is 0 Å². The lowest BCUT2D eigenvalue weighted by molar-refractivity contribution is 0.335. The number of ether oxygens (including phenoxy) is 1. The monoisotopic (exact) mass is 408 g/mol. The molecule has 0 amide bonds. The molecule has 3 aromatic rings. The van der Waals surface area contributed by atoms with E-state index in [1.54, 1.807) is 23.5 Å². The number of para-hydroxylation sites is 1. The molecule has 5 nitrogen and oxygen atoms in total. The highest BCUT2D eigenvalue weighted by Gasteiger charge is 2.39. The molecule has 4 rings (SSSR count). The fourth-order valence-electron chi connectivity index (χ4n) is 3.67. The van der Waals surface area contributed by atoms with Gasteiger partial charge in [0.2, 0.25) is 10.0 Å². The summed E-state index contributed by atoms with van der Waals surface area (Å²) < 4.78 is 33.9. The minimum Gasteiger partial charge on any atom is -0.497 e. The maximum atomic E-state index is 13.6. The van der Waals surface area contributed by atoms with Gasteiger partial charge in [0.15, 0.2) is 0 Å². The summed E-state index contributed by atoms with van der Waals surface area (Å²) in [7, 11) is -2.07. The minimum atomic E-state index is -3.68. The number of rotatable bonds is 4. The van der Waals surface area contributed by atoms with E-state index in [1.165, 1.54) is 0 Å². The number of anilines is 1. The summed E-state index contributed by atoms with van der Waals surface area (Å²) in [6, 6.07) is 20.7. The third kappa shape index (κ3) is 3.61. The van der Waals surface area contributed by atoms with E-state index in [4.69, 9.17) is 4.74 Å². The van der Waals surface area contributed by atoms with Crippen molar-refractivity contribution in [2.24, 2.45) is 0 Å². The van der Waals surface area contributed by atoms with Crippen molar-refractivity contribution >= 4 is 15.7 Å². The van der Waals surface area contributed by atoms with Crippen molar-refractivity contribution in [2.75, 3.05) is 12.4 Å². The van der Waals surface area contributed by atoms with Crippen LogP contribution in [0, 0.1) is 13.8 Å². The molecule has 0 saturated carbocycles. The molecule has 1 N–H and O–H groups in total. The Balaban J connectivity index is 1.83. The average Bonchev–Trinajstić information content (AvgIpc) is 2.72. The predicted molar refractivity (Wildman–Crippen MR) is 114 cm³/mol. The van der Waals surface area contributed by atoms with Gasteiger partial charge in [0.05, 0.1) is 12.8 Å². The van der Waals surface area contributed by atoms with Crippen molar-refractivity contribution < 1.29 is 13.2 Å². The Labute approximate surface area is 172 Å². The number of fused-ring (bicyclic) bond motifs is 1. The molecule has 0 aliphatic carbocycles. The van der Waals surface area contributed by atoms with Crippen LogP contribution in [0.2, 0.25) is 0 Å². The van der Waals surface area contributed by atoms with Crippen LogP contribution in [0.5, 0.6) is 5.75 Å². The van der Waals surface area contributed by atoms with Crippen LogP contribution in [-0.2, 0) is 16.6 Å². The number of hydrogen-bond donors (Lipinski definition) is 1. The van der Waals surface area contributed by atoms with Gasteiger partial charge < -0.3 is 10.1 Å². The lowest BCUT2D eigenvalue weighted by Gasteiger charge is -2.38. The molecule has 1 heterocycles. The Morgan fingerprint density at radius 2 is 1.72 bits per heavy atom. The van der Waals surface area contributed by atoms with Crippen molar-refractivity contribution in [3.8, 4) is 5.75 Å². The highest BCUT2D eigenvalue weighted by atomic mass is 32.2. The molecule has 29 heavy (non-hydrogen) atoms. The summed E-state index contributed by atoms with van der Waals surface area (Å²) >= 11 is 0. The minimum absolute atomic E-state index is 0.256. The van der Waals surface area contributed by atoms with Gasteiger partial charge in [0, 0.05) is 6.54 Å². The summed E-state index contributed by atoms with van der Waals surface area (Å²) in [4.78, 5) is 0.301. The number of hydrogen-bond acceptors (Lipinski definition) is 4. The fourth-order valence-corrected chi connectivity index (χ4v) is 5.34. The molecule has 0 aromatic heterocycles. The molecule has 6 heteroatoms. The van der Waals surface area contributed by atoms with Gasteiger partial charge in [0.25, 0.3) is 0 Å². The largest absolute Gasteiger partial charge is 0.497 e. The Hall–Kier alpha value is -2.83. The van der Waals surface area contributed by atoms with Gasteiger partial charge in [0.1, 0.15) is 16.8 Å². The first-order valence-corrected chi connectivity index (χ1v) is 10.9. The van der Waals surface area contributed by atoms with Crippen LogP contribution in [-0.4, -0.2) is 19.8 Å². The molecule has 0 spiro atoms. The first-order chi connectivity index (χ1) is 13.9. The number of methoxy groups -OCH3 is 1. The lowest BCUT2D eigenvalue weighted by Crippen LogP contribution is -2.42. The maximum Gasteiger partial charge on any atom is 0.247 e. The summed E-state index contributed by atoms with van der Waals surface area (Å²) in [6.45, 7) is 4.28. The molecule has 1 aliphatic rings. The summed E-state index contributed by atoms with van der Waals surface area (Å²) in [6.07, 6.45) is -0.489. The van der Waals surface area contributed by atoms with Crippen molar-refractivity contribution in [2.45, 2.75) is 31.5 Å². The van der Waals surface area contributed by atoms with Gasteiger partial charge in [-0.2, -0.15) is 4.31 Å². The Morgan fingerprint density at radius 3 is 2.45 bits per heavy atom. The molecule has 1 aliphatic heterocycles. The topological polar surface area (TPSA) is 58.6 Å². The van der Waals surface area contributed by atoms with E-state index in [0.717, 1.165) is 28.0 Å². The van der Waals surface area contributed by atoms with Gasteiger partial charge >= 0.3 is 0 Å². The number of sulfonamides is 1. The second-order valence-corrected chi connectivity index (χ2v) is 9.16. The zero-order valence-electron chi connectivity index (χ0n) is 16.7. The average molecular weight is 409 g/mol. The molecule has 1 atom stereocenters. The van der Waals surface area contributed by atoms with Gasteiger partial charge in [-0.25, -0.2) is 8.42 Å². The van der Waals surface area contributed by atoms with E-state index in [9.17, 15) is 8.42 Å². The van der Waals surface area contributed by atoms with E-state index < -0.39 is 16.2 Å². The van der Waals surface area contributed by atoms with Crippen LogP contribution in [0.1, 0.15) is 28.4 Å². The second kappa shape index (κ2) is 7.54. The highest BCUT2D eigenvalue weighted by Crippen LogP contribution is 2.40. The van der Waals surface area contributed by atoms with Crippen molar-refractivity contribution in [3.05, 3.63) is 89.0 Å². The molecule has 0 radical (unpaired) electrons. The summed E-state index contributed by atoms with van der Waals surface area (Å²) in [5, 5.41) is 3.45. The molecular weight excluding hydrogens is 384 g/mol. The quantitative estimate of drug-likeness (QED) is 0.684. The molecule has 0 bridgehead atoms. The van der Waals surface area contributed by atoms with Crippen LogP contribution in [0.15, 0.2) is 71.6 Å². The summed E-state index contributed by atoms with van der Waals surface area (Å²) in [5.74, 6) is 0.741. The number of benzene rings is 3. The zero-order valence-corrected chi connectivity index (χ0v) is 17.5. The van der Waals surface area contributed by atoms with Crippen LogP contribution in [0.4, 0.5) is 5.69 Å². The molecule has 0 fully saturated rings. The second-order valence-electron chi connectivity index (χ2n) is 7.30. The first-order valence-electron chi connectivity index (χ1n) is 9.47. The number of nitrogens with zero attached hydrogens (tertiary/aromatic N) is 1. The van der Waals surface area contributed by atoms with Crippen molar-refractivity contribution in [1.82, 2.24) is 4.31 Å². The van der Waals surface area contributed by atoms with E-state index in [1.807, 2.05) is 62.4 Å². The summed E-state index contributed by atoms with van der Waals surface area (Å²) in [5.41, 5.74) is 4.61. The van der Waals surface area contributed by atoms with E-state index in [0.29, 0.717) is 10.6 Å². The zero-order chi connectivity index (χ0) is 20.6. The van der Waals surface area contributed by atoms with E-state index >= 15 is 0 Å². The fraction of sp³-hybridized carbons (Fsp3) is 0.217. The third-order valence-corrected chi connectivity index (χ3v) is 7.15. The van der Waals surface area contributed by atoms with Gasteiger partial charge in [-0.15, -0.1) is 0 Å². The number of nitrogens with one attached hydrogen (secondary N) is 1. The Kier molecular flexibility index (Phi) is 5.06. The van der Waals surface area contributed by atoms with Crippen LogP contribution in [0.25, 0.3) is 0 Å². The molecule has 0 saturated heterocycles. The van der Waals surface area contributed by atoms with Gasteiger partial charge in [-0.05, 0) is 54.8 Å². The van der Waals surface area contributed by atoms with Gasteiger partial charge in [-0.3, -0.25) is 0 Å². The number of aryl methyl sites for hydroxylation is 2. The van der Waals surface area contributed by atoms with Crippen molar-refractivity contribution in [1.29, 1.82) is 0 Å². The Bertz CT molecular complexity index is 1140. The van der Waals surface area contributed by atoms with E-state index in [-0.39, 0.29) is 6.54 Å². The third-order valence-electron chi connectivity index (χ3n) is 5.28. The molecule has 0 unspecified atom stereocenters. The Morgan fingerprint density at radius 1 is 1.00 bits per heavy atom. The van der Waals surface area contributed by atoms with Gasteiger partial charge in [-0.1, -0.05) is 48.0 Å². The van der Waals surface area contributed by atoms with E-state index in [2.05, 4.69) is 11.4 Å².